The van der Waals surface area contributed by atoms with E-state index < -0.39 is 0 Å². The van der Waals surface area contributed by atoms with Crippen LogP contribution < -0.4 is 5.32 Å². The second-order valence-electron chi connectivity index (χ2n) is 5.08. The molecule has 2 aromatic rings. The fourth-order valence-electron chi connectivity index (χ4n) is 2.60. The lowest BCUT2D eigenvalue weighted by Crippen LogP contribution is -2.17. The van der Waals surface area contributed by atoms with Crippen LogP contribution in [-0.4, -0.2) is 7.05 Å². The summed E-state index contributed by atoms with van der Waals surface area (Å²) in [4.78, 5) is 0. The molecule has 1 aromatic heterocycles. The van der Waals surface area contributed by atoms with Crippen LogP contribution in [0.3, 0.4) is 0 Å². The van der Waals surface area contributed by atoms with Gasteiger partial charge in [0, 0.05) is 5.56 Å². The summed E-state index contributed by atoms with van der Waals surface area (Å²) in [6.45, 7) is 6.23. The van der Waals surface area contributed by atoms with Crippen molar-refractivity contribution in [3.05, 3.63) is 58.5 Å². The molecule has 0 fully saturated rings. The van der Waals surface area contributed by atoms with Crippen molar-refractivity contribution in [3.8, 4) is 0 Å². The second-order valence-corrected chi connectivity index (χ2v) is 5.08. The van der Waals surface area contributed by atoms with Crippen molar-refractivity contribution < 1.29 is 4.42 Å². The van der Waals surface area contributed by atoms with Gasteiger partial charge in [0.05, 0.1) is 6.04 Å². The van der Waals surface area contributed by atoms with Crippen LogP contribution in [0.5, 0.6) is 0 Å². The molecule has 0 aliphatic rings. The number of nitrogens with one attached hydrogen (secondary N) is 1. The molecule has 0 amide bonds. The molecular weight excluding hydrogens is 234 g/mol. The van der Waals surface area contributed by atoms with Crippen LogP contribution in [0, 0.1) is 13.8 Å². The third-order valence-electron chi connectivity index (χ3n) is 3.53. The van der Waals surface area contributed by atoms with Crippen LogP contribution >= 0.6 is 0 Å². The highest BCUT2D eigenvalue weighted by atomic mass is 16.3. The number of rotatable bonds is 5. The van der Waals surface area contributed by atoms with Gasteiger partial charge in [0.2, 0.25) is 0 Å². The van der Waals surface area contributed by atoms with Crippen molar-refractivity contribution in [1.29, 1.82) is 0 Å². The van der Waals surface area contributed by atoms with Crippen molar-refractivity contribution in [1.82, 2.24) is 5.32 Å². The van der Waals surface area contributed by atoms with Gasteiger partial charge in [-0.05, 0) is 44.5 Å². The topological polar surface area (TPSA) is 25.2 Å². The molecule has 1 aromatic carbocycles. The molecule has 2 heteroatoms. The Hall–Kier alpha value is -1.54. The van der Waals surface area contributed by atoms with Crippen LogP contribution in [0.25, 0.3) is 0 Å². The van der Waals surface area contributed by atoms with Crippen LogP contribution in [-0.2, 0) is 6.42 Å². The summed E-state index contributed by atoms with van der Waals surface area (Å²) in [5.74, 6) is 1.96. The predicted octanol–water partition coefficient (Wildman–Crippen LogP) is 4.16. The maximum Gasteiger partial charge on any atom is 0.106 e. The first-order chi connectivity index (χ1) is 9.15. The van der Waals surface area contributed by atoms with Crippen molar-refractivity contribution in [2.75, 3.05) is 7.05 Å². The minimum Gasteiger partial charge on any atom is -0.466 e. The van der Waals surface area contributed by atoms with E-state index in [1.165, 1.54) is 23.1 Å². The van der Waals surface area contributed by atoms with Crippen LogP contribution in [0.1, 0.15) is 47.6 Å². The molecule has 0 radical (unpaired) electrons. The van der Waals surface area contributed by atoms with E-state index in [0.717, 1.165) is 17.9 Å². The zero-order valence-corrected chi connectivity index (χ0v) is 12.3. The summed E-state index contributed by atoms with van der Waals surface area (Å²) >= 11 is 0. The second kappa shape index (κ2) is 6.07. The Morgan fingerprint density at radius 3 is 2.32 bits per heavy atom. The van der Waals surface area contributed by atoms with Crippen LogP contribution in [0.4, 0.5) is 0 Å². The predicted molar refractivity (Wildman–Crippen MR) is 79.5 cm³/mol. The number of hydrogen-bond acceptors (Lipinski definition) is 2. The largest absolute Gasteiger partial charge is 0.466 e. The van der Waals surface area contributed by atoms with E-state index in [-0.39, 0.29) is 6.04 Å². The van der Waals surface area contributed by atoms with E-state index in [1.54, 1.807) is 0 Å². The number of hydrogen-bond donors (Lipinski definition) is 1. The Balaban J connectivity index is 2.29. The van der Waals surface area contributed by atoms with Gasteiger partial charge in [0.15, 0.2) is 0 Å². The lowest BCUT2D eigenvalue weighted by atomic mass is 9.97. The highest BCUT2D eigenvalue weighted by molar-refractivity contribution is 5.35. The van der Waals surface area contributed by atoms with E-state index in [0.29, 0.717) is 0 Å². The zero-order valence-electron chi connectivity index (χ0n) is 12.3. The Labute approximate surface area is 115 Å². The zero-order chi connectivity index (χ0) is 13.8. The highest BCUT2D eigenvalue weighted by Crippen LogP contribution is 2.27. The molecule has 19 heavy (non-hydrogen) atoms. The molecule has 2 nitrogen and oxygen atoms in total. The molecule has 0 saturated carbocycles. The molecular formula is C17H23NO. The Kier molecular flexibility index (Phi) is 4.43. The normalized spacial score (nSPS) is 12.6. The number of furan rings is 1. The summed E-state index contributed by atoms with van der Waals surface area (Å²) < 4.78 is 5.64. The number of aryl methyl sites for hydroxylation is 3. The molecule has 0 saturated heterocycles. The first-order valence-corrected chi connectivity index (χ1v) is 6.98. The molecule has 1 heterocycles. The van der Waals surface area contributed by atoms with Gasteiger partial charge in [-0.3, -0.25) is 0 Å². The summed E-state index contributed by atoms with van der Waals surface area (Å²) in [6.07, 6.45) is 2.34. The lowest BCUT2D eigenvalue weighted by molar-refractivity contribution is 0.497. The van der Waals surface area contributed by atoms with Gasteiger partial charge >= 0.3 is 0 Å². The highest BCUT2D eigenvalue weighted by Gasteiger charge is 2.17. The average Bonchev–Trinajstić information content (AvgIpc) is 2.72. The van der Waals surface area contributed by atoms with E-state index >= 15 is 0 Å². The smallest absolute Gasteiger partial charge is 0.106 e. The quantitative estimate of drug-likeness (QED) is 0.870. The molecule has 102 valence electrons. The molecule has 0 aliphatic carbocycles. The molecule has 2 rings (SSSR count). The van der Waals surface area contributed by atoms with Gasteiger partial charge in [0.1, 0.15) is 11.5 Å². The SMILES string of the molecule is CCCc1ccc(C(NC)c2cc(C)oc2C)cc1. The van der Waals surface area contributed by atoms with E-state index in [1.807, 2.05) is 20.9 Å². The molecule has 0 bridgehead atoms. The molecule has 1 unspecified atom stereocenters. The standard InChI is InChI=1S/C17H23NO/c1-5-6-14-7-9-15(10-8-14)17(18-4)16-11-12(2)19-13(16)3/h7-11,17-18H,5-6H2,1-4H3. The van der Waals surface area contributed by atoms with Crippen molar-refractivity contribution >= 4 is 0 Å². The van der Waals surface area contributed by atoms with Crippen molar-refractivity contribution in [3.63, 3.8) is 0 Å². The van der Waals surface area contributed by atoms with E-state index in [4.69, 9.17) is 4.42 Å². The fourth-order valence-corrected chi connectivity index (χ4v) is 2.60. The van der Waals surface area contributed by atoms with Crippen LogP contribution in [0.2, 0.25) is 0 Å². The summed E-state index contributed by atoms with van der Waals surface area (Å²) in [6, 6.07) is 11.2. The van der Waals surface area contributed by atoms with E-state index in [2.05, 4.69) is 42.6 Å². The first-order valence-electron chi connectivity index (χ1n) is 6.98. The van der Waals surface area contributed by atoms with Gasteiger partial charge in [-0.15, -0.1) is 0 Å². The van der Waals surface area contributed by atoms with Crippen molar-refractivity contribution in [2.45, 2.75) is 39.7 Å². The lowest BCUT2D eigenvalue weighted by Gasteiger charge is -2.16. The van der Waals surface area contributed by atoms with Crippen LogP contribution in [0.15, 0.2) is 34.7 Å². The van der Waals surface area contributed by atoms with Crippen molar-refractivity contribution in [2.24, 2.45) is 0 Å². The molecule has 1 N–H and O–H groups in total. The van der Waals surface area contributed by atoms with Gasteiger partial charge in [0.25, 0.3) is 0 Å². The van der Waals surface area contributed by atoms with Gasteiger partial charge < -0.3 is 9.73 Å². The summed E-state index contributed by atoms with van der Waals surface area (Å²) in [5, 5.41) is 3.38. The summed E-state index contributed by atoms with van der Waals surface area (Å²) in [7, 11) is 1.99. The average molecular weight is 257 g/mol. The molecule has 0 aliphatic heterocycles. The maximum atomic E-state index is 5.64. The first kappa shape index (κ1) is 13.9. The molecule has 0 spiro atoms. The Morgan fingerprint density at radius 1 is 1.16 bits per heavy atom. The monoisotopic (exact) mass is 257 g/mol. The Morgan fingerprint density at radius 2 is 1.84 bits per heavy atom. The third-order valence-corrected chi connectivity index (χ3v) is 3.53. The minimum atomic E-state index is 0.202. The summed E-state index contributed by atoms with van der Waals surface area (Å²) in [5.41, 5.74) is 3.91. The number of benzene rings is 1. The van der Waals surface area contributed by atoms with Gasteiger partial charge in [-0.2, -0.15) is 0 Å². The fraction of sp³-hybridized carbons (Fsp3) is 0.412. The van der Waals surface area contributed by atoms with E-state index in [9.17, 15) is 0 Å². The molecule has 1 atom stereocenters. The minimum absolute atomic E-state index is 0.202. The maximum absolute atomic E-state index is 5.64. The van der Waals surface area contributed by atoms with Gasteiger partial charge in [-0.25, -0.2) is 0 Å². The Bertz CT molecular complexity index is 525. The third kappa shape index (κ3) is 3.07. The van der Waals surface area contributed by atoms with Gasteiger partial charge in [-0.1, -0.05) is 37.6 Å².